The van der Waals surface area contributed by atoms with Gasteiger partial charge in [-0.2, -0.15) is 5.10 Å². The third kappa shape index (κ3) is 3.06. The summed E-state index contributed by atoms with van der Waals surface area (Å²) in [6.07, 6.45) is 5.23. The molecule has 90 valence electrons. The van der Waals surface area contributed by atoms with Gasteiger partial charge in [0.15, 0.2) is 5.16 Å². The third-order valence-electron chi connectivity index (χ3n) is 2.02. The molecule has 0 saturated heterocycles. The third-order valence-corrected chi connectivity index (χ3v) is 2.98. The highest BCUT2D eigenvalue weighted by Crippen LogP contribution is 2.15. The minimum atomic E-state index is -0.870. The first-order valence-corrected chi connectivity index (χ1v) is 5.83. The maximum absolute atomic E-state index is 10.5. The standard InChI is InChI=1S/C9H11N5O2S/c1-13-3-7(2-11-13)4-14-6-10-12-9(14)17-5-8(15)16/h2-3,6H,4-5H2,1H3,(H,15,16). The van der Waals surface area contributed by atoms with Gasteiger partial charge in [-0.05, 0) is 0 Å². The van der Waals surface area contributed by atoms with Crippen LogP contribution in [0.4, 0.5) is 0 Å². The number of carbonyl (C=O) groups is 1. The van der Waals surface area contributed by atoms with E-state index < -0.39 is 5.97 Å². The van der Waals surface area contributed by atoms with E-state index in [1.165, 1.54) is 0 Å². The lowest BCUT2D eigenvalue weighted by Crippen LogP contribution is -2.03. The fourth-order valence-corrected chi connectivity index (χ4v) is 1.98. The van der Waals surface area contributed by atoms with E-state index in [1.54, 1.807) is 21.8 Å². The summed E-state index contributed by atoms with van der Waals surface area (Å²) < 4.78 is 3.51. The smallest absolute Gasteiger partial charge is 0.313 e. The number of nitrogens with zero attached hydrogens (tertiary/aromatic N) is 5. The molecular formula is C9H11N5O2S. The maximum atomic E-state index is 10.5. The van der Waals surface area contributed by atoms with Crippen molar-refractivity contribution >= 4 is 17.7 Å². The second-order valence-corrected chi connectivity index (χ2v) is 4.39. The lowest BCUT2D eigenvalue weighted by molar-refractivity contribution is -0.133. The summed E-state index contributed by atoms with van der Waals surface area (Å²) in [4.78, 5) is 10.5. The zero-order valence-corrected chi connectivity index (χ0v) is 9.96. The Hall–Kier alpha value is -1.83. The number of carboxylic acid groups (broad SMARTS) is 1. The SMILES string of the molecule is Cn1cc(Cn2cnnc2SCC(=O)O)cn1. The highest BCUT2D eigenvalue weighted by Gasteiger charge is 2.08. The molecule has 0 aromatic carbocycles. The highest BCUT2D eigenvalue weighted by molar-refractivity contribution is 7.99. The van der Waals surface area contributed by atoms with E-state index >= 15 is 0 Å². The van der Waals surface area contributed by atoms with Crippen molar-refractivity contribution in [3.63, 3.8) is 0 Å². The van der Waals surface area contributed by atoms with Gasteiger partial charge in [0.25, 0.3) is 0 Å². The number of hydrogen-bond acceptors (Lipinski definition) is 5. The predicted molar refractivity (Wildman–Crippen MR) is 60.7 cm³/mol. The van der Waals surface area contributed by atoms with Crippen LogP contribution in [0.2, 0.25) is 0 Å². The van der Waals surface area contributed by atoms with Crippen molar-refractivity contribution in [2.45, 2.75) is 11.7 Å². The van der Waals surface area contributed by atoms with E-state index in [0.29, 0.717) is 11.7 Å². The zero-order chi connectivity index (χ0) is 12.3. The van der Waals surface area contributed by atoms with Gasteiger partial charge in [-0.15, -0.1) is 10.2 Å². The Morgan fingerprint density at radius 1 is 1.59 bits per heavy atom. The molecule has 2 rings (SSSR count). The molecule has 0 aliphatic heterocycles. The van der Waals surface area contributed by atoms with Gasteiger partial charge in [0.05, 0.1) is 18.5 Å². The summed E-state index contributed by atoms with van der Waals surface area (Å²) >= 11 is 1.15. The first-order chi connectivity index (χ1) is 8.15. The molecule has 0 spiro atoms. The van der Waals surface area contributed by atoms with Crippen LogP contribution in [0.15, 0.2) is 23.9 Å². The molecule has 0 bridgehead atoms. The fraction of sp³-hybridized carbons (Fsp3) is 0.333. The molecule has 2 aromatic heterocycles. The minimum absolute atomic E-state index is 0.0221. The lowest BCUT2D eigenvalue weighted by atomic mass is 10.4. The maximum Gasteiger partial charge on any atom is 0.313 e. The fourth-order valence-electron chi connectivity index (χ4n) is 1.34. The second-order valence-electron chi connectivity index (χ2n) is 3.45. The summed E-state index contributed by atoms with van der Waals surface area (Å²) in [6.45, 7) is 0.586. The largest absolute Gasteiger partial charge is 0.481 e. The van der Waals surface area contributed by atoms with Gasteiger partial charge in [-0.25, -0.2) is 0 Å². The van der Waals surface area contributed by atoms with Crippen molar-refractivity contribution < 1.29 is 9.90 Å². The molecule has 0 unspecified atom stereocenters. The van der Waals surface area contributed by atoms with Crippen LogP contribution in [0.3, 0.4) is 0 Å². The van der Waals surface area contributed by atoms with E-state index in [0.717, 1.165) is 17.3 Å². The van der Waals surface area contributed by atoms with Gasteiger partial charge in [-0.3, -0.25) is 9.48 Å². The number of carboxylic acids is 1. The number of aliphatic carboxylic acids is 1. The minimum Gasteiger partial charge on any atom is -0.481 e. The average molecular weight is 253 g/mol. The molecule has 17 heavy (non-hydrogen) atoms. The molecule has 7 nitrogen and oxygen atoms in total. The van der Waals surface area contributed by atoms with Crippen LogP contribution < -0.4 is 0 Å². The number of aryl methyl sites for hydroxylation is 1. The first kappa shape index (κ1) is 11.6. The molecule has 0 aliphatic rings. The van der Waals surface area contributed by atoms with Crippen LogP contribution in [0.25, 0.3) is 0 Å². The molecule has 0 aliphatic carbocycles. The van der Waals surface area contributed by atoms with Crippen LogP contribution in [0.5, 0.6) is 0 Å². The summed E-state index contributed by atoms with van der Waals surface area (Å²) in [5.41, 5.74) is 1.02. The number of thioether (sulfide) groups is 1. The molecule has 8 heteroatoms. The Balaban J connectivity index is 2.06. The van der Waals surface area contributed by atoms with E-state index in [-0.39, 0.29) is 5.75 Å². The van der Waals surface area contributed by atoms with Crippen molar-refractivity contribution in [1.29, 1.82) is 0 Å². The molecule has 0 saturated carbocycles. The topological polar surface area (TPSA) is 85.8 Å². The van der Waals surface area contributed by atoms with Gasteiger partial charge in [0.2, 0.25) is 0 Å². The van der Waals surface area contributed by atoms with Crippen molar-refractivity contribution in [1.82, 2.24) is 24.5 Å². The molecule has 0 fully saturated rings. The Kier molecular flexibility index (Phi) is 3.43. The van der Waals surface area contributed by atoms with Crippen LogP contribution in [0.1, 0.15) is 5.56 Å². The normalized spacial score (nSPS) is 10.6. The van der Waals surface area contributed by atoms with Crippen LogP contribution in [-0.4, -0.2) is 41.4 Å². The zero-order valence-electron chi connectivity index (χ0n) is 9.15. The Bertz CT molecular complexity index is 521. The lowest BCUT2D eigenvalue weighted by Gasteiger charge is -2.02. The first-order valence-electron chi connectivity index (χ1n) is 4.85. The molecule has 1 N–H and O–H groups in total. The van der Waals surface area contributed by atoms with E-state index in [9.17, 15) is 4.79 Å². The summed E-state index contributed by atoms with van der Waals surface area (Å²) in [6, 6.07) is 0. The highest BCUT2D eigenvalue weighted by atomic mass is 32.2. The second kappa shape index (κ2) is 5.00. The number of rotatable bonds is 5. The van der Waals surface area contributed by atoms with Crippen LogP contribution in [0, 0.1) is 0 Å². The van der Waals surface area contributed by atoms with Gasteiger partial charge in [0.1, 0.15) is 6.33 Å². The van der Waals surface area contributed by atoms with Crippen molar-refractivity contribution in [2.75, 3.05) is 5.75 Å². The number of hydrogen-bond donors (Lipinski definition) is 1. The quantitative estimate of drug-likeness (QED) is 0.768. The summed E-state index contributed by atoms with van der Waals surface area (Å²) in [5.74, 6) is -0.892. The predicted octanol–water partition coefficient (Wildman–Crippen LogP) is 0.237. The molecule has 2 heterocycles. The van der Waals surface area contributed by atoms with Gasteiger partial charge >= 0.3 is 5.97 Å². The Morgan fingerprint density at radius 3 is 3.06 bits per heavy atom. The molecule has 0 amide bonds. The molecule has 2 aromatic rings. The monoisotopic (exact) mass is 253 g/mol. The van der Waals surface area contributed by atoms with Gasteiger partial charge in [-0.1, -0.05) is 11.8 Å². The Morgan fingerprint density at radius 2 is 2.41 bits per heavy atom. The average Bonchev–Trinajstić information content (AvgIpc) is 2.86. The van der Waals surface area contributed by atoms with Crippen LogP contribution >= 0.6 is 11.8 Å². The number of aromatic nitrogens is 5. The summed E-state index contributed by atoms with van der Waals surface area (Å²) in [5, 5.41) is 20.9. The molecule has 0 radical (unpaired) electrons. The summed E-state index contributed by atoms with van der Waals surface area (Å²) in [7, 11) is 1.84. The van der Waals surface area contributed by atoms with Crippen molar-refractivity contribution in [3.05, 3.63) is 24.3 Å². The van der Waals surface area contributed by atoms with Crippen molar-refractivity contribution in [2.24, 2.45) is 7.05 Å². The van der Waals surface area contributed by atoms with E-state index in [1.807, 2.05) is 13.2 Å². The Labute approximate surface area is 101 Å². The van der Waals surface area contributed by atoms with Crippen molar-refractivity contribution in [3.8, 4) is 0 Å². The van der Waals surface area contributed by atoms with Gasteiger partial charge < -0.3 is 9.67 Å². The van der Waals surface area contributed by atoms with E-state index in [2.05, 4.69) is 15.3 Å². The van der Waals surface area contributed by atoms with Crippen LogP contribution in [-0.2, 0) is 18.4 Å². The van der Waals surface area contributed by atoms with Gasteiger partial charge in [0, 0.05) is 18.8 Å². The molecule has 0 atom stereocenters. The molecular weight excluding hydrogens is 242 g/mol. The van der Waals surface area contributed by atoms with E-state index in [4.69, 9.17) is 5.11 Å².